The van der Waals surface area contributed by atoms with Crippen LogP contribution in [0.25, 0.3) is 6.08 Å². The predicted molar refractivity (Wildman–Crippen MR) is 63.2 cm³/mol. The highest BCUT2D eigenvalue weighted by molar-refractivity contribution is 5.52. The maximum atomic E-state index is 12.9. The van der Waals surface area contributed by atoms with E-state index in [9.17, 15) is 8.78 Å². The standard InChI is InChI=1S/C13H17F2N/c1-3-4-16-9-10(2)5-11-6-12(14)8-13(15)7-11/h5-8,16H,3-4,9H2,1-2H3/b10-5+. The van der Waals surface area contributed by atoms with E-state index in [1.807, 2.05) is 6.92 Å². The lowest BCUT2D eigenvalue weighted by molar-refractivity contribution is 0.583. The molecule has 3 heteroatoms. The Balaban J connectivity index is 2.66. The van der Waals surface area contributed by atoms with Crippen molar-refractivity contribution in [2.24, 2.45) is 0 Å². The summed E-state index contributed by atoms with van der Waals surface area (Å²) in [5.41, 5.74) is 1.62. The zero-order valence-electron chi connectivity index (χ0n) is 9.69. The van der Waals surface area contributed by atoms with Gasteiger partial charge in [0, 0.05) is 12.6 Å². The summed E-state index contributed by atoms with van der Waals surface area (Å²) in [5, 5.41) is 3.23. The first-order valence-corrected chi connectivity index (χ1v) is 5.46. The molecule has 0 radical (unpaired) electrons. The second kappa shape index (κ2) is 6.38. The quantitative estimate of drug-likeness (QED) is 0.758. The Morgan fingerprint density at radius 2 is 1.88 bits per heavy atom. The number of nitrogens with one attached hydrogen (secondary N) is 1. The van der Waals surface area contributed by atoms with Crippen molar-refractivity contribution in [2.45, 2.75) is 20.3 Å². The van der Waals surface area contributed by atoms with E-state index in [0.29, 0.717) is 5.56 Å². The Kier molecular flexibility index (Phi) is 5.12. The average Bonchev–Trinajstić information content (AvgIpc) is 2.16. The predicted octanol–water partition coefficient (Wildman–Crippen LogP) is 3.37. The van der Waals surface area contributed by atoms with Gasteiger partial charge in [0.1, 0.15) is 11.6 Å². The molecule has 1 aromatic carbocycles. The van der Waals surface area contributed by atoms with Crippen LogP contribution in [0.2, 0.25) is 0 Å². The van der Waals surface area contributed by atoms with Gasteiger partial charge < -0.3 is 5.32 Å². The average molecular weight is 225 g/mol. The third-order valence-corrected chi connectivity index (χ3v) is 2.13. The fourth-order valence-electron chi connectivity index (χ4n) is 1.46. The van der Waals surface area contributed by atoms with Crippen LogP contribution in [0.1, 0.15) is 25.8 Å². The molecule has 0 aliphatic rings. The van der Waals surface area contributed by atoms with E-state index in [2.05, 4.69) is 12.2 Å². The molecule has 0 aromatic heterocycles. The summed E-state index contributed by atoms with van der Waals surface area (Å²) >= 11 is 0. The van der Waals surface area contributed by atoms with Crippen molar-refractivity contribution in [2.75, 3.05) is 13.1 Å². The Hall–Kier alpha value is -1.22. The highest BCUT2D eigenvalue weighted by Crippen LogP contribution is 2.11. The molecule has 0 bridgehead atoms. The van der Waals surface area contributed by atoms with Gasteiger partial charge in [-0.15, -0.1) is 0 Å². The lowest BCUT2D eigenvalue weighted by atomic mass is 10.1. The maximum Gasteiger partial charge on any atom is 0.126 e. The van der Waals surface area contributed by atoms with Gasteiger partial charge in [0.05, 0.1) is 0 Å². The van der Waals surface area contributed by atoms with Crippen molar-refractivity contribution >= 4 is 6.08 Å². The Bertz CT molecular complexity index is 352. The third kappa shape index (κ3) is 4.53. The molecule has 0 unspecified atom stereocenters. The molecule has 0 heterocycles. The third-order valence-electron chi connectivity index (χ3n) is 2.13. The molecule has 0 aliphatic carbocycles. The van der Waals surface area contributed by atoms with Gasteiger partial charge in [0.2, 0.25) is 0 Å². The Morgan fingerprint density at radius 3 is 2.44 bits per heavy atom. The summed E-state index contributed by atoms with van der Waals surface area (Å²) in [6.45, 7) is 5.72. The summed E-state index contributed by atoms with van der Waals surface area (Å²) in [6, 6.07) is 3.53. The SMILES string of the molecule is CCCNC/C(C)=C/c1cc(F)cc(F)c1. The lowest BCUT2D eigenvalue weighted by Gasteiger charge is -2.03. The molecule has 0 fully saturated rings. The van der Waals surface area contributed by atoms with E-state index in [-0.39, 0.29) is 0 Å². The molecule has 0 amide bonds. The Labute approximate surface area is 95.2 Å². The van der Waals surface area contributed by atoms with Crippen LogP contribution in [0.15, 0.2) is 23.8 Å². The molecule has 1 rings (SSSR count). The smallest absolute Gasteiger partial charge is 0.126 e. The van der Waals surface area contributed by atoms with Gasteiger partial charge in [0.25, 0.3) is 0 Å². The zero-order chi connectivity index (χ0) is 12.0. The minimum atomic E-state index is -0.541. The summed E-state index contributed by atoms with van der Waals surface area (Å²) in [5.74, 6) is -1.08. The van der Waals surface area contributed by atoms with Gasteiger partial charge in [-0.3, -0.25) is 0 Å². The van der Waals surface area contributed by atoms with E-state index in [0.717, 1.165) is 31.1 Å². The molecule has 0 aliphatic heterocycles. The van der Waals surface area contributed by atoms with Crippen LogP contribution in [0.5, 0.6) is 0 Å². The van der Waals surface area contributed by atoms with E-state index in [4.69, 9.17) is 0 Å². The monoisotopic (exact) mass is 225 g/mol. The maximum absolute atomic E-state index is 12.9. The number of halogens is 2. The van der Waals surface area contributed by atoms with Gasteiger partial charge >= 0.3 is 0 Å². The molecule has 0 atom stereocenters. The Morgan fingerprint density at radius 1 is 1.25 bits per heavy atom. The summed E-state index contributed by atoms with van der Waals surface area (Å²) in [7, 11) is 0. The fourth-order valence-corrected chi connectivity index (χ4v) is 1.46. The molecule has 1 N–H and O–H groups in total. The molecular formula is C13H17F2N. The molecule has 1 aromatic rings. The molecular weight excluding hydrogens is 208 g/mol. The summed E-state index contributed by atoms with van der Waals surface area (Å²) in [6.07, 6.45) is 2.86. The van der Waals surface area contributed by atoms with Crippen LogP contribution in [0.4, 0.5) is 8.78 Å². The topological polar surface area (TPSA) is 12.0 Å². The van der Waals surface area contributed by atoms with Crippen molar-refractivity contribution in [1.82, 2.24) is 5.32 Å². The number of hydrogen-bond donors (Lipinski definition) is 1. The molecule has 0 saturated carbocycles. The van der Waals surface area contributed by atoms with Gasteiger partial charge in [0.15, 0.2) is 0 Å². The lowest BCUT2D eigenvalue weighted by Crippen LogP contribution is -2.16. The number of hydrogen-bond acceptors (Lipinski definition) is 1. The van der Waals surface area contributed by atoms with E-state index >= 15 is 0 Å². The molecule has 88 valence electrons. The molecule has 16 heavy (non-hydrogen) atoms. The van der Waals surface area contributed by atoms with Crippen molar-refractivity contribution < 1.29 is 8.78 Å². The van der Waals surface area contributed by atoms with Gasteiger partial charge in [-0.1, -0.05) is 18.6 Å². The zero-order valence-corrected chi connectivity index (χ0v) is 9.69. The number of rotatable bonds is 5. The molecule has 0 saturated heterocycles. The normalized spacial score (nSPS) is 11.9. The van der Waals surface area contributed by atoms with Crippen LogP contribution >= 0.6 is 0 Å². The van der Waals surface area contributed by atoms with E-state index in [1.54, 1.807) is 6.08 Å². The van der Waals surface area contributed by atoms with Crippen molar-refractivity contribution in [3.05, 3.63) is 41.0 Å². The van der Waals surface area contributed by atoms with Crippen LogP contribution in [0.3, 0.4) is 0 Å². The van der Waals surface area contributed by atoms with Gasteiger partial charge in [-0.2, -0.15) is 0 Å². The number of benzene rings is 1. The highest BCUT2D eigenvalue weighted by atomic mass is 19.1. The first-order valence-electron chi connectivity index (χ1n) is 5.46. The fraction of sp³-hybridized carbons (Fsp3) is 0.385. The van der Waals surface area contributed by atoms with Crippen LogP contribution < -0.4 is 5.32 Å². The van der Waals surface area contributed by atoms with Crippen molar-refractivity contribution in [3.63, 3.8) is 0 Å². The molecule has 1 nitrogen and oxygen atoms in total. The largest absolute Gasteiger partial charge is 0.313 e. The first-order chi connectivity index (χ1) is 7.61. The summed E-state index contributed by atoms with van der Waals surface area (Å²) < 4.78 is 25.8. The minimum Gasteiger partial charge on any atom is -0.313 e. The van der Waals surface area contributed by atoms with Crippen LogP contribution in [0, 0.1) is 11.6 Å². The minimum absolute atomic E-state index is 0.541. The van der Waals surface area contributed by atoms with Crippen molar-refractivity contribution in [1.29, 1.82) is 0 Å². The highest BCUT2D eigenvalue weighted by Gasteiger charge is 1.98. The second-order valence-electron chi connectivity index (χ2n) is 3.87. The van der Waals surface area contributed by atoms with E-state index in [1.165, 1.54) is 12.1 Å². The molecule has 0 spiro atoms. The summed E-state index contributed by atoms with van der Waals surface area (Å²) in [4.78, 5) is 0. The second-order valence-corrected chi connectivity index (χ2v) is 3.87. The van der Waals surface area contributed by atoms with Gasteiger partial charge in [-0.05, 0) is 37.6 Å². The van der Waals surface area contributed by atoms with Crippen LogP contribution in [-0.2, 0) is 0 Å². The van der Waals surface area contributed by atoms with Gasteiger partial charge in [-0.25, -0.2) is 8.78 Å². The van der Waals surface area contributed by atoms with Crippen molar-refractivity contribution in [3.8, 4) is 0 Å². The first kappa shape index (κ1) is 12.8. The van der Waals surface area contributed by atoms with E-state index < -0.39 is 11.6 Å². The van der Waals surface area contributed by atoms with Crippen LogP contribution in [-0.4, -0.2) is 13.1 Å².